The number of phenolic OH excluding ortho intramolecular Hbond substituents is 2. The predicted octanol–water partition coefficient (Wildman–Crippen LogP) is 4.14. The van der Waals surface area contributed by atoms with Gasteiger partial charge in [-0.3, -0.25) is 4.79 Å². The van der Waals surface area contributed by atoms with Crippen LogP contribution in [0.15, 0.2) is 60.7 Å². The SMILES string of the molecule is N[C@@H](Cc1ccc(O)cc1)C(=O)NCCc1ccc(O)c(OOCc2c(Cl)cccc2Cl)c1. The second-order valence-corrected chi connectivity index (χ2v) is 8.18. The van der Waals surface area contributed by atoms with E-state index in [4.69, 9.17) is 38.7 Å². The molecule has 0 aromatic heterocycles. The second kappa shape index (κ2) is 11.8. The molecule has 5 N–H and O–H groups in total. The van der Waals surface area contributed by atoms with Crippen LogP contribution < -0.4 is 15.9 Å². The average molecular weight is 491 g/mol. The molecule has 0 bridgehead atoms. The van der Waals surface area contributed by atoms with Gasteiger partial charge < -0.3 is 26.2 Å². The number of hydrogen-bond acceptors (Lipinski definition) is 6. The molecular formula is C24H24Cl2N2O5. The Bertz CT molecular complexity index is 1070. The van der Waals surface area contributed by atoms with Crippen molar-refractivity contribution in [3.63, 3.8) is 0 Å². The third-order valence-electron chi connectivity index (χ3n) is 4.88. The quantitative estimate of drug-likeness (QED) is 0.250. The Kier molecular flexibility index (Phi) is 8.79. The number of hydrogen-bond donors (Lipinski definition) is 4. The lowest BCUT2D eigenvalue weighted by Crippen LogP contribution is -2.42. The molecule has 0 unspecified atom stereocenters. The summed E-state index contributed by atoms with van der Waals surface area (Å²) in [6.07, 6.45) is 0.848. The highest BCUT2D eigenvalue weighted by molar-refractivity contribution is 6.35. The number of nitrogens with one attached hydrogen (secondary N) is 1. The van der Waals surface area contributed by atoms with Crippen molar-refractivity contribution in [3.8, 4) is 17.2 Å². The number of rotatable bonds is 10. The topological polar surface area (TPSA) is 114 Å². The molecule has 3 rings (SSSR count). The van der Waals surface area contributed by atoms with Crippen molar-refractivity contribution in [1.29, 1.82) is 0 Å². The monoisotopic (exact) mass is 490 g/mol. The first-order valence-electron chi connectivity index (χ1n) is 10.2. The van der Waals surface area contributed by atoms with E-state index in [1.54, 1.807) is 54.6 Å². The fourth-order valence-electron chi connectivity index (χ4n) is 3.04. The number of carbonyl (C=O) groups excluding carboxylic acids is 1. The fraction of sp³-hybridized carbons (Fsp3) is 0.208. The van der Waals surface area contributed by atoms with Gasteiger partial charge in [0.2, 0.25) is 11.7 Å². The molecule has 1 amide bonds. The van der Waals surface area contributed by atoms with Crippen LogP contribution in [0.4, 0.5) is 0 Å². The highest BCUT2D eigenvalue weighted by atomic mass is 35.5. The van der Waals surface area contributed by atoms with E-state index in [1.807, 2.05) is 0 Å². The van der Waals surface area contributed by atoms with Gasteiger partial charge in [0.1, 0.15) is 12.4 Å². The number of nitrogens with two attached hydrogens (primary N) is 1. The van der Waals surface area contributed by atoms with Gasteiger partial charge in [0.05, 0.1) is 6.04 Å². The van der Waals surface area contributed by atoms with Crippen LogP contribution in [0.2, 0.25) is 10.0 Å². The molecule has 3 aromatic rings. The fourth-order valence-corrected chi connectivity index (χ4v) is 3.55. The first-order chi connectivity index (χ1) is 15.8. The number of aromatic hydroxyl groups is 2. The number of phenols is 2. The Morgan fingerprint density at radius 1 is 1.00 bits per heavy atom. The van der Waals surface area contributed by atoms with Gasteiger partial charge in [-0.2, -0.15) is 4.89 Å². The Hall–Kier alpha value is -2.97. The van der Waals surface area contributed by atoms with Crippen molar-refractivity contribution < 1.29 is 24.8 Å². The van der Waals surface area contributed by atoms with Gasteiger partial charge in [-0.1, -0.05) is 47.5 Å². The summed E-state index contributed by atoms with van der Waals surface area (Å²) in [4.78, 5) is 22.7. The summed E-state index contributed by atoms with van der Waals surface area (Å²) in [5, 5.41) is 23.0. The van der Waals surface area contributed by atoms with Crippen molar-refractivity contribution in [1.82, 2.24) is 5.32 Å². The van der Waals surface area contributed by atoms with Gasteiger partial charge >= 0.3 is 0 Å². The molecule has 9 heteroatoms. The molecule has 0 radical (unpaired) electrons. The van der Waals surface area contributed by atoms with Crippen LogP contribution >= 0.6 is 23.2 Å². The van der Waals surface area contributed by atoms with Crippen LogP contribution in [-0.4, -0.2) is 28.7 Å². The summed E-state index contributed by atoms with van der Waals surface area (Å²) in [6, 6.07) is 15.8. The van der Waals surface area contributed by atoms with Gasteiger partial charge in [-0.25, -0.2) is 0 Å². The molecule has 0 aliphatic rings. The molecule has 1 atom stereocenters. The van der Waals surface area contributed by atoms with E-state index in [0.29, 0.717) is 35.0 Å². The molecule has 0 fully saturated rings. The Morgan fingerprint density at radius 2 is 1.67 bits per heavy atom. The Morgan fingerprint density at radius 3 is 2.36 bits per heavy atom. The molecule has 0 aliphatic carbocycles. The van der Waals surface area contributed by atoms with E-state index in [9.17, 15) is 15.0 Å². The molecule has 0 heterocycles. The molecule has 33 heavy (non-hydrogen) atoms. The van der Waals surface area contributed by atoms with Crippen LogP contribution in [0.3, 0.4) is 0 Å². The third-order valence-corrected chi connectivity index (χ3v) is 5.59. The molecule has 0 saturated heterocycles. The number of benzene rings is 3. The lowest BCUT2D eigenvalue weighted by molar-refractivity contribution is -0.218. The first kappa shape index (κ1) is 24.7. The van der Waals surface area contributed by atoms with E-state index < -0.39 is 6.04 Å². The highest BCUT2D eigenvalue weighted by Gasteiger charge is 2.14. The second-order valence-electron chi connectivity index (χ2n) is 7.37. The maximum absolute atomic E-state index is 12.3. The third kappa shape index (κ3) is 7.27. The molecule has 7 nitrogen and oxygen atoms in total. The molecule has 0 aliphatic heterocycles. The molecule has 0 saturated carbocycles. The minimum Gasteiger partial charge on any atom is -0.508 e. The summed E-state index contributed by atoms with van der Waals surface area (Å²) < 4.78 is 0. The zero-order valence-electron chi connectivity index (χ0n) is 17.6. The van der Waals surface area contributed by atoms with E-state index in [2.05, 4.69) is 5.32 Å². The van der Waals surface area contributed by atoms with E-state index in [1.165, 1.54) is 6.07 Å². The molecular weight excluding hydrogens is 467 g/mol. The number of amides is 1. The van der Waals surface area contributed by atoms with Crippen molar-refractivity contribution >= 4 is 29.1 Å². The van der Waals surface area contributed by atoms with Crippen molar-refractivity contribution in [2.45, 2.75) is 25.5 Å². The predicted molar refractivity (Wildman–Crippen MR) is 126 cm³/mol. The summed E-state index contributed by atoms with van der Waals surface area (Å²) in [5.41, 5.74) is 8.21. The molecule has 174 valence electrons. The number of halogens is 2. The van der Waals surface area contributed by atoms with Gasteiger partial charge in [-0.15, -0.1) is 0 Å². The standard InChI is InChI=1S/C24H24Cl2N2O5/c25-19-2-1-3-20(26)18(19)14-32-33-23-13-16(6-9-22(23)30)10-11-28-24(31)21(27)12-15-4-7-17(29)8-5-15/h1-9,13,21,29-30H,10-12,14,27H2,(H,28,31)/t21-/m0/s1. The van der Waals surface area contributed by atoms with Crippen LogP contribution in [0.1, 0.15) is 16.7 Å². The zero-order chi connectivity index (χ0) is 23.8. The largest absolute Gasteiger partial charge is 0.508 e. The zero-order valence-corrected chi connectivity index (χ0v) is 19.1. The maximum atomic E-state index is 12.3. The van der Waals surface area contributed by atoms with Gasteiger partial charge in [-0.05, 0) is 60.4 Å². The van der Waals surface area contributed by atoms with E-state index in [-0.39, 0.29) is 29.8 Å². The highest BCUT2D eigenvalue weighted by Crippen LogP contribution is 2.29. The lowest BCUT2D eigenvalue weighted by atomic mass is 10.1. The van der Waals surface area contributed by atoms with Crippen LogP contribution in [0.25, 0.3) is 0 Å². The summed E-state index contributed by atoms with van der Waals surface area (Å²) in [6.45, 7) is 0.347. The van der Waals surface area contributed by atoms with Crippen molar-refractivity contribution in [3.05, 3.63) is 87.4 Å². The Labute approximate surface area is 201 Å². The lowest BCUT2D eigenvalue weighted by Gasteiger charge is -2.13. The maximum Gasteiger partial charge on any atom is 0.237 e. The average Bonchev–Trinajstić information content (AvgIpc) is 2.79. The molecule has 3 aromatic carbocycles. The van der Waals surface area contributed by atoms with Crippen LogP contribution in [0, 0.1) is 0 Å². The van der Waals surface area contributed by atoms with E-state index >= 15 is 0 Å². The summed E-state index contributed by atoms with van der Waals surface area (Å²) >= 11 is 12.2. The summed E-state index contributed by atoms with van der Waals surface area (Å²) in [5.74, 6) is -0.0830. The minimum absolute atomic E-state index is 0.00283. The smallest absolute Gasteiger partial charge is 0.237 e. The summed E-state index contributed by atoms with van der Waals surface area (Å²) in [7, 11) is 0. The van der Waals surface area contributed by atoms with E-state index in [0.717, 1.165) is 11.1 Å². The molecule has 0 spiro atoms. The van der Waals surface area contributed by atoms with Gasteiger partial charge in [0, 0.05) is 22.2 Å². The first-order valence-corrected chi connectivity index (χ1v) is 10.9. The van der Waals surface area contributed by atoms with Crippen LogP contribution in [0.5, 0.6) is 17.2 Å². The van der Waals surface area contributed by atoms with Crippen LogP contribution in [-0.2, 0) is 29.1 Å². The van der Waals surface area contributed by atoms with Gasteiger partial charge in [0.25, 0.3) is 0 Å². The normalized spacial score (nSPS) is 11.7. The minimum atomic E-state index is -0.710. The van der Waals surface area contributed by atoms with Gasteiger partial charge in [0.15, 0.2) is 5.75 Å². The van der Waals surface area contributed by atoms with Crippen molar-refractivity contribution in [2.75, 3.05) is 6.54 Å². The van der Waals surface area contributed by atoms with Crippen molar-refractivity contribution in [2.24, 2.45) is 5.73 Å². The number of carbonyl (C=O) groups is 1. The Balaban J connectivity index is 1.48.